The average Bonchev–Trinajstić information content (AvgIpc) is 3.48. The average molecular weight is 432 g/mol. The molecule has 0 unspecified atom stereocenters. The number of halogens is 3. The fraction of sp³-hybridized carbons (Fsp3) is 0.300. The van der Waals surface area contributed by atoms with Crippen LogP contribution >= 0.6 is 23.4 Å². The van der Waals surface area contributed by atoms with Gasteiger partial charge in [0.2, 0.25) is 0 Å². The van der Waals surface area contributed by atoms with Crippen molar-refractivity contribution in [2.24, 2.45) is 16.6 Å². The molecule has 2 N–H and O–H groups in total. The number of nitrogens with two attached hydrogens (primary N) is 1. The van der Waals surface area contributed by atoms with Crippen LogP contribution in [-0.2, 0) is 12.0 Å². The third-order valence-corrected chi connectivity index (χ3v) is 6.90. The number of nitrogens with zero attached hydrogens (tertiary/aromatic N) is 4. The Morgan fingerprint density at radius 3 is 2.97 bits per heavy atom. The Labute approximate surface area is 174 Å². The molecule has 29 heavy (non-hydrogen) atoms. The number of thioether (sulfide) groups is 1. The van der Waals surface area contributed by atoms with Gasteiger partial charge < -0.3 is 5.73 Å². The van der Waals surface area contributed by atoms with Crippen molar-refractivity contribution in [3.8, 4) is 0 Å². The molecule has 0 bridgehead atoms. The van der Waals surface area contributed by atoms with Crippen LogP contribution in [0.5, 0.6) is 0 Å². The minimum Gasteiger partial charge on any atom is -0.379 e. The number of aliphatic imine (C=N–C) groups is 1. The van der Waals surface area contributed by atoms with Crippen LogP contribution in [0.2, 0.25) is 5.02 Å². The van der Waals surface area contributed by atoms with Crippen LogP contribution in [-0.4, -0.2) is 32.3 Å². The van der Waals surface area contributed by atoms with E-state index in [1.54, 1.807) is 30.6 Å². The lowest BCUT2D eigenvalue weighted by Gasteiger charge is -2.31. The standard InChI is InChI=1S/C20H16ClF2N5S/c21-12-5-11-7-26-28-16(18(11)25-8-12)4-10-1-2-15(23)13(3-10)20(9-22)14-6-17(14)29-19(24)27-20/h1-3,5,7-8,14,17H,4,6,9H2,(H2,24,27)/t14-,17+,20-/m1/s1. The number of rotatable bonds is 4. The predicted molar refractivity (Wildman–Crippen MR) is 110 cm³/mol. The summed E-state index contributed by atoms with van der Waals surface area (Å²) < 4.78 is 29.1. The van der Waals surface area contributed by atoms with Crippen molar-refractivity contribution in [3.63, 3.8) is 0 Å². The second-order valence-electron chi connectivity index (χ2n) is 7.38. The Hall–Kier alpha value is -2.32. The van der Waals surface area contributed by atoms with E-state index in [0.29, 0.717) is 27.8 Å². The van der Waals surface area contributed by atoms with Gasteiger partial charge in [-0.05, 0) is 30.2 Å². The largest absolute Gasteiger partial charge is 0.379 e. The first-order valence-electron chi connectivity index (χ1n) is 9.13. The van der Waals surface area contributed by atoms with Crippen LogP contribution < -0.4 is 5.73 Å². The molecule has 0 amide bonds. The lowest BCUT2D eigenvalue weighted by Crippen LogP contribution is -2.36. The number of fused-ring (bicyclic) bond motifs is 2. The summed E-state index contributed by atoms with van der Waals surface area (Å²) in [6.45, 7) is -0.788. The number of amidine groups is 1. The van der Waals surface area contributed by atoms with E-state index in [9.17, 15) is 8.78 Å². The molecule has 2 aliphatic rings. The van der Waals surface area contributed by atoms with E-state index in [0.717, 1.165) is 17.4 Å². The molecule has 0 radical (unpaired) electrons. The molecule has 0 saturated heterocycles. The molecule has 1 aliphatic heterocycles. The van der Waals surface area contributed by atoms with Crippen LogP contribution in [0.25, 0.3) is 10.9 Å². The van der Waals surface area contributed by atoms with Crippen molar-refractivity contribution in [3.05, 3.63) is 64.3 Å². The molecule has 1 aliphatic carbocycles. The molecule has 5 nitrogen and oxygen atoms in total. The summed E-state index contributed by atoms with van der Waals surface area (Å²) in [6, 6.07) is 6.46. The van der Waals surface area contributed by atoms with E-state index in [-0.39, 0.29) is 16.7 Å². The molecule has 1 fully saturated rings. The fourth-order valence-electron chi connectivity index (χ4n) is 4.06. The molecule has 1 saturated carbocycles. The highest BCUT2D eigenvalue weighted by Crippen LogP contribution is 2.58. The van der Waals surface area contributed by atoms with Gasteiger partial charge in [0.05, 0.1) is 22.4 Å². The van der Waals surface area contributed by atoms with Gasteiger partial charge in [0.25, 0.3) is 0 Å². The topological polar surface area (TPSA) is 77.0 Å². The summed E-state index contributed by atoms with van der Waals surface area (Å²) >= 11 is 7.45. The third kappa shape index (κ3) is 3.14. The Kier molecular flexibility index (Phi) is 4.43. The van der Waals surface area contributed by atoms with Crippen LogP contribution in [0.15, 0.2) is 41.7 Å². The number of pyridine rings is 1. The van der Waals surface area contributed by atoms with E-state index >= 15 is 0 Å². The third-order valence-electron chi connectivity index (χ3n) is 5.53. The van der Waals surface area contributed by atoms with Crippen molar-refractivity contribution in [1.82, 2.24) is 15.2 Å². The van der Waals surface area contributed by atoms with Gasteiger partial charge in [-0.15, -0.1) is 0 Å². The second-order valence-corrected chi connectivity index (χ2v) is 9.08. The van der Waals surface area contributed by atoms with E-state index in [1.165, 1.54) is 17.8 Å². The summed E-state index contributed by atoms with van der Waals surface area (Å²) in [7, 11) is 0. The summed E-state index contributed by atoms with van der Waals surface area (Å²) in [4.78, 5) is 8.74. The highest BCUT2D eigenvalue weighted by molar-refractivity contribution is 8.14. The van der Waals surface area contributed by atoms with Crippen LogP contribution in [0.3, 0.4) is 0 Å². The summed E-state index contributed by atoms with van der Waals surface area (Å²) in [5.74, 6) is -0.523. The van der Waals surface area contributed by atoms with Crippen molar-refractivity contribution in [1.29, 1.82) is 0 Å². The zero-order valence-corrected chi connectivity index (χ0v) is 16.7. The minimum absolute atomic E-state index is 0.0456. The minimum atomic E-state index is -1.25. The summed E-state index contributed by atoms with van der Waals surface area (Å²) in [6.07, 6.45) is 4.29. The van der Waals surface area contributed by atoms with Gasteiger partial charge in [-0.25, -0.2) is 13.8 Å². The normalized spacial score (nSPS) is 25.6. The van der Waals surface area contributed by atoms with Gasteiger partial charge in [0.15, 0.2) is 5.17 Å². The quantitative estimate of drug-likeness (QED) is 0.675. The Morgan fingerprint density at radius 1 is 1.28 bits per heavy atom. The zero-order chi connectivity index (χ0) is 20.2. The monoisotopic (exact) mass is 431 g/mol. The van der Waals surface area contributed by atoms with Gasteiger partial charge in [-0.1, -0.05) is 29.4 Å². The van der Waals surface area contributed by atoms with Crippen LogP contribution in [0.4, 0.5) is 8.78 Å². The van der Waals surface area contributed by atoms with Gasteiger partial charge in [-0.3, -0.25) is 4.98 Å². The van der Waals surface area contributed by atoms with Crippen molar-refractivity contribution < 1.29 is 8.78 Å². The maximum atomic E-state index is 14.8. The molecular weight excluding hydrogens is 416 g/mol. The molecule has 5 rings (SSSR count). The first kappa shape index (κ1) is 18.7. The van der Waals surface area contributed by atoms with Gasteiger partial charge in [-0.2, -0.15) is 10.2 Å². The van der Waals surface area contributed by atoms with E-state index in [4.69, 9.17) is 17.3 Å². The number of benzene rings is 1. The maximum absolute atomic E-state index is 14.8. The Morgan fingerprint density at radius 2 is 2.14 bits per heavy atom. The van der Waals surface area contributed by atoms with Crippen molar-refractivity contribution in [2.45, 2.75) is 23.6 Å². The predicted octanol–water partition coefficient (Wildman–Crippen LogP) is 4.02. The molecule has 3 aromatic rings. The van der Waals surface area contributed by atoms with Crippen LogP contribution in [0.1, 0.15) is 23.2 Å². The number of aromatic nitrogens is 3. The molecule has 1 aromatic carbocycles. The molecule has 9 heteroatoms. The first-order chi connectivity index (χ1) is 14.0. The highest BCUT2D eigenvalue weighted by atomic mass is 35.5. The van der Waals surface area contributed by atoms with Gasteiger partial charge in [0, 0.05) is 34.7 Å². The molecule has 3 heterocycles. The first-order valence-corrected chi connectivity index (χ1v) is 10.4. The molecule has 0 spiro atoms. The SMILES string of the molecule is NC1=N[C@](CF)(c2cc(Cc3nncc4cc(Cl)cnc34)ccc2F)[C@@H]2C[C@@H]2S1. The highest BCUT2D eigenvalue weighted by Gasteiger charge is 2.58. The summed E-state index contributed by atoms with van der Waals surface area (Å²) in [5, 5.41) is 10.0. The van der Waals surface area contributed by atoms with Crippen molar-refractivity contribution in [2.75, 3.05) is 6.67 Å². The maximum Gasteiger partial charge on any atom is 0.155 e. The molecule has 148 valence electrons. The van der Waals surface area contributed by atoms with Crippen LogP contribution in [0, 0.1) is 11.7 Å². The molecule has 3 atom stereocenters. The number of alkyl halides is 1. The second kappa shape index (κ2) is 6.88. The zero-order valence-electron chi connectivity index (χ0n) is 15.1. The molecular formula is C20H16ClF2N5S. The Balaban J connectivity index is 1.57. The van der Waals surface area contributed by atoms with E-state index in [2.05, 4.69) is 20.2 Å². The van der Waals surface area contributed by atoms with Gasteiger partial charge >= 0.3 is 0 Å². The number of hydrogen-bond donors (Lipinski definition) is 1. The smallest absolute Gasteiger partial charge is 0.155 e. The fourth-order valence-corrected chi connectivity index (χ4v) is 5.44. The number of hydrogen-bond acceptors (Lipinski definition) is 6. The lowest BCUT2D eigenvalue weighted by molar-refractivity contribution is 0.271. The van der Waals surface area contributed by atoms with E-state index < -0.39 is 18.0 Å². The van der Waals surface area contributed by atoms with Crippen molar-refractivity contribution >= 4 is 39.4 Å². The molecule has 2 aromatic heterocycles. The van der Waals surface area contributed by atoms with Gasteiger partial charge in [0.1, 0.15) is 18.0 Å². The lowest BCUT2D eigenvalue weighted by atomic mass is 9.85. The Bertz CT molecular complexity index is 1160. The summed E-state index contributed by atoms with van der Waals surface area (Å²) in [5.41, 5.74) is 6.99. The van der Waals surface area contributed by atoms with E-state index in [1.807, 2.05) is 0 Å².